The van der Waals surface area contributed by atoms with Crippen molar-refractivity contribution in [2.45, 2.75) is 25.8 Å². The summed E-state index contributed by atoms with van der Waals surface area (Å²) in [6.07, 6.45) is 6.09. The van der Waals surface area contributed by atoms with E-state index in [1.165, 1.54) is 6.42 Å². The summed E-state index contributed by atoms with van der Waals surface area (Å²) in [5, 5.41) is 9.19. The highest BCUT2D eigenvalue weighted by Gasteiger charge is 2.27. The molecule has 1 atom stereocenters. The Morgan fingerprint density at radius 3 is 3.16 bits per heavy atom. The number of carboxylic acids is 1. The predicted octanol–water partition coefficient (Wildman–Crippen LogP) is 2.19. The minimum absolute atomic E-state index is 0.259. The molecule has 3 rings (SSSR count). The highest BCUT2D eigenvalue weighted by Crippen LogP contribution is 2.31. The maximum Gasteiger partial charge on any atom is 0.339 e. The monoisotopic (exact) mass is 259 g/mol. The van der Waals surface area contributed by atoms with Crippen LogP contribution < -0.4 is 0 Å². The number of rotatable bonds is 3. The van der Waals surface area contributed by atoms with Gasteiger partial charge in [0.05, 0.1) is 11.7 Å². The second kappa shape index (κ2) is 4.66. The molecule has 100 valence electrons. The molecule has 19 heavy (non-hydrogen) atoms. The molecular weight excluding hydrogens is 242 g/mol. The van der Waals surface area contributed by atoms with E-state index >= 15 is 0 Å². The van der Waals surface area contributed by atoms with Gasteiger partial charge in [-0.3, -0.25) is 4.90 Å². The van der Waals surface area contributed by atoms with Gasteiger partial charge in [-0.05, 0) is 38.1 Å². The Bertz CT molecular complexity index is 620. The van der Waals surface area contributed by atoms with Gasteiger partial charge in [0.15, 0.2) is 5.65 Å². The Balaban J connectivity index is 2.06. The lowest BCUT2D eigenvalue weighted by molar-refractivity contribution is 0.0698. The Hall–Kier alpha value is -1.88. The van der Waals surface area contributed by atoms with Crippen LogP contribution in [-0.4, -0.2) is 38.4 Å². The third kappa shape index (κ3) is 2.00. The van der Waals surface area contributed by atoms with Crippen LogP contribution in [0.25, 0.3) is 5.65 Å². The highest BCUT2D eigenvalue weighted by molar-refractivity contribution is 5.94. The van der Waals surface area contributed by atoms with E-state index in [4.69, 9.17) is 0 Å². The molecule has 1 N–H and O–H groups in total. The molecule has 5 nitrogen and oxygen atoms in total. The number of likely N-dealkylation sites (tertiary alicyclic amines) is 1. The Kier molecular flexibility index (Phi) is 2.98. The van der Waals surface area contributed by atoms with Crippen LogP contribution in [0.3, 0.4) is 0 Å². The topological polar surface area (TPSA) is 57.8 Å². The van der Waals surface area contributed by atoms with Crippen molar-refractivity contribution < 1.29 is 9.90 Å². The summed E-state index contributed by atoms with van der Waals surface area (Å²) in [4.78, 5) is 18.1. The zero-order valence-corrected chi connectivity index (χ0v) is 10.9. The first-order valence-corrected chi connectivity index (χ1v) is 6.65. The minimum Gasteiger partial charge on any atom is -0.478 e. The first kappa shape index (κ1) is 12.2. The number of aromatic carboxylic acids is 1. The van der Waals surface area contributed by atoms with E-state index in [0.29, 0.717) is 11.7 Å². The molecule has 1 fully saturated rings. The van der Waals surface area contributed by atoms with Crippen molar-refractivity contribution in [2.75, 3.05) is 13.1 Å². The quantitative estimate of drug-likeness (QED) is 0.918. The van der Waals surface area contributed by atoms with Gasteiger partial charge in [-0.15, -0.1) is 0 Å². The largest absolute Gasteiger partial charge is 0.478 e. The van der Waals surface area contributed by atoms with Crippen molar-refractivity contribution in [1.29, 1.82) is 0 Å². The van der Waals surface area contributed by atoms with Gasteiger partial charge in [0.25, 0.3) is 0 Å². The number of fused-ring (bicyclic) bond motifs is 1. The number of carboxylic acid groups (broad SMARTS) is 1. The zero-order valence-electron chi connectivity index (χ0n) is 10.9. The predicted molar refractivity (Wildman–Crippen MR) is 71.4 cm³/mol. The van der Waals surface area contributed by atoms with E-state index in [0.717, 1.165) is 25.2 Å². The average molecular weight is 259 g/mol. The van der Waals surface area contributed by atoms with E-state index in [-0.39, 0.29) is 5.56 Å². The van der Waals surface area contributed by atoms with Crippen molar-refractivity contribution >= 4 is 11.6 Å². The molecule has 2 aromatic heterocycles. The summed E-state index contributed by atoms with van der Waals surface area (Å²) in [5.74, 6) is -0.929. The second-order valence-corrected chi connectivity index (χ2v) is 4.91. The molecule has 3 heterocycles. The van der Waals surface area contributed by atoms with Crippen LogP contribution >= 0.6 is 0 Å². The number of carbonyl (C=O) groups is 1. The molecule has 1 aliphatic heterocycles. The number of pyridine rings is 1. The molecule has 2 aromatic rings. The fourth-order valence-electron chi connectivity index (χ4n) is 2.90. The van der Waals surface area contributed by atoms with Crippen LogP contribution in [0.15, 0.2) is 24.5 Å². The maximum absolute atomic E-state index is 11.2. The van der Waals surface area contributed by atoms with Crippen molar-refractivity contribution in [3.63, 3.8) is 0 Å². The van der Waals surface area contributed by atoms with Gasteiger partial charge < -0.3 is 9.51 Å². The van der Waals surface area contributed by atoms with Crippen LogP contribution in [-0.2, 0) is 0 Å². The van der Waals surface area contributed by atoms with Gasteiger partial charge >= 0.3 is 5.97 Å². The summed E-state index contributed by atoms with van der Waals surface area (Å²) < 4.78 is 1.81. The number of aromatic nitrogens is 2. The Morgan fingerprint density at radius 1 is 1.58 bits per heavy atom. The SMILES string of the molecule is CCN1CCCC1c1cn2cccc(C(=O)O)c2n1. The number of nitrogens with zero attached hydrogens (tertiary/aromatic N) is 3. The highest BCUT2D eigenvalue weighted by atomic mass is 16.4. The Labute approximate surface area is 111 Å². The first-order chi connectivity index (χ1) is 9.20. The number of imidazole rings is 1. The molecule has 0 amide bonds. The molecule has 1 saturated heterocycles. The molecule has 1 aliphatic rings. The number of hydrogen-bond donors (Lipinski definition) is 1. The molecule has 5 heteroatoms. The van der Waals surface area contributed by atoms with Gasteiger partial charge in [-0.1, -0.05) is 6.92 Å². The van der Waals surface area contributed by atoms with Gasteiger partial charge in [-0.25, -0.2) is 9.78 Å². The number of hydrogen-bond acceptors (Lipinski definition) is 3. The smallest absolute Gasteiger partial charge is 0.339 e. The van der Waals surface area contributed by atoms with Crippen LogP contribution in [0, 0.1) is 0 Å². The zero-order chi connectivity index (χ0) is 13.4. The first-order valence-electron chi connectivity index (χ1n) is 6.65. The van der Waals surface area contributed by atoms with Gasteiger partial charge in [-0.2, -0.15) is 0 Å². The lowest BCUT2D eigenvalue weighted by Gasteiger charge is -2.20. The molecular formula is C14H17N3O2. The standard InChI is InChI=1S/C14H17N3O2/c1-2-16-7-4-6-12(16)11-9-17-8-3-5-10(14(18)19)13(17)15-11/h3,5,8-9,12H,2,4,6-7H2,1H3,(H,18,19). The summed E-state index contributed by atoms with van der Waals surface area (Å²) >= 11 is 0. The van der Waals surface area contributed by atoms with Gasteiger partial charge in [0.2, 0.25) is 0 Å². The van der Waals surface area contributed by atoms with E-state index < -0.39 is 5.97 Å². The van der Waals surface area contributed by atoms with E-state index in [9.17, 15) is 9.90 Å². The van der Waals surface area contributed by atoms with Crippen LogP contribution in [0.5, 0.6) is 0 Å². The lowest BCUT2D eigenvalue weighted by atomic mass is 10.1. The molecule has 1 unspecified atom stereocenters. The molecule has 0 aromatic carbocycles. The molecule has 0 saturated carbocycles. The summed E-state index contributed by atoms with van der Waals surface area (Å²) in [6.45, 7) is 4.25. The minimum atomic E-state index is -0.929. The van der Waals surface area contributed by atoms with Crippen molar-refractivity contribution in [1.82, 2.24) is 14.3 Å². The molecule has 0 spiro atoms. The van der Waals surface area contributed by atoms with E-state index in [2.05, 4.69) is 16.8 Å². The molecule has 0 bridgehead atoms. The van der Waals surface area contributed by atoms with Gasteiger partial charge in [0, 0.05) is 12.4 Å². The van der Waals surface area contributed by atoms with Crippen LogP contribution in [0.2, 0.25) is 0 Å². The van der Waals surface area contributed by atoms with Crippen molar-refractivity contribution in [2.24, 2.45) is 0 Å². The normalized spacial score (nSPS) is 20.2. The second-order valence-electron chi connectivity index (χ2n) is 4.91. The average Bonchev–Trinajstić information content (AvgIpc) is 3.03. The fourth-order valence-corrected chi connectivity index (χ4v) is 2.90. The molecule has 0 aliphatic carbocycles. The summed E-state index contributed by atoms with van der Waals surface area (Å²) in [6, 6.07) is 3.67. The summed E-state index contributed by atoms with van der Waals surface area (Å²) in [5.41, 5.74) is 1.77. The van der Waals surface area contributed by atoms with Crippen LogP contribution in [0.1, 0.15) is 41.9 Å². The third-order valence-corrected chi connectivity index (χ3v) is 3.84. The maximum atomic E-state index is 11.2. The third-order valence-electron chi connectivity index (χ3n) is 3.84. The Morgan fingerprint density at radius 2 is 2.42 bits per heavy atom. The van der Waals surface area contributed by atoms with Crippen LogP contribution in [0.4, 0.5) is 0 Å². The van der Waals surface area contributed by atoms with Gasteiger partial charge in [0.1, 0.15) is 5.56 Å². The fraction of sp³-hybridized carbons (Fsp3) is 0.429. The summed E-state index contributed by atoms with van der Waals surface area (Å²) in [7, 11) is 0. The lowest BCUT2D eigenvalue weighted by Crippen LogP contribution is -2.22. The van der Waals surface area contributed by atoms with Crippen molar-refractivity contribution in [3.05, 3.63) is 35.8 Å². The van der Waals surface area contributed by atoms with Crippen molar-refractivity contribution in [3.8, 4) is 0 Å². The van der Waals surface area contributed by atoms with E-state index in [1.807, 2.05) is 16.8 Å². The molecule has 0 radical (unpaired) electrons. The van der Waals surface area contributed by atoms with E-state index in [1.54, 1.807) is 12.1 Å².